The molecule has 0 radical (unpaired) electrons. The minimum atomic E-state index is -0.638. The molecule has 0 aliphatic rings. The van der Waals surface area contributed by atoms with E-state index < -0.39 is 17.8 Å². The molecule has 1 amide bonds. The molecule has 0 atom stereocenters. The van der Waals surface area contributed by atoms with Crippen LogP contribution in [0.3, 0.4) is 0 Å². The van der Waals surface area contributed by atoms with Gasteiger partial charge < -0.3 is 10.2 Å². The second-order valence-electron chi connectivity index (χ2n) is 3.58. The molecule has 2 rings (SSSR count). The van der Waals surface area contributed by atoms with Crippen molar-refractivity contribution in [2.24, 2.45) is 5.10 Å². The van der Waals surface area contributed by atoms with Crippen molar-refractivity contribution in [2.75, 3.05) is 5.75 Å². The van der Waals surface area contributed by atoms with Crippen LogP contribution in [0.1, 0.15) is 5.69 Å². The van der Waals surface area contributed by atoms with Gasteiger partial charge in [-0.05, 0) is 12.1 Å². The van der Waals surface area contributed by atoms with Crippen molar-refractivity contribution in [3.05, 3.63) is 30.1 Å². The quantitative estimate of drug-likeness (QED) is 0.397. The Morgan fingerprint density at radius 3 is 2.95 bits per heavy atom. The van der Waals surface area contributed by atoms with Crippen molar-refractivity contribution in [3.8, 4) is 11.9 Å². The molecule has 2 aromatic rings. The highest BCUT2D eigenvalue weighted by Gasteiger charge is 2.10. The van der Waals surface area contributed by atoms with Crippen molar-refractivity contribution in [1.29, 1.82) is 0 Å². The summed E-state index contributed by atoms with van der Waals surface area (Å²) in [5.74, 6) is -0.937. The van der Waals surface area contributed by atoms with Crippen molar-refractivity contribution in [3.63, 3.8) is 0 Å². The number of aromatic hydroxyl groups is 2. The average Bonchev–Trinajstić information content (AvgIpc) is 2.47. The van der Waals surface area contributed by atoms with Crippen molar-refractivity contribution >= 4 is 23.9 Å². The zero-order chi connectivity index (χ0) is 15.1. The highest BCUT2D eigenvalue weighted by Crippen LogP contribution is 2.23. The predicted molar refractivity (Wildman–Crippen MR) is 73.9 cm³/mol. The summed E-state index contributed by atoms with van der Waals surface area (Å²) in [6, 6.07) is 4.67. The molecule has 0 spiro atoms. The number of carbonyl (C=O) groups excluding carboxylic acids is 1. The van der Waals surface area contributed by atoms with Crippen molar-refractivity contribution in [1.82, 2.24) is 25.6 Å². The van der Waals surface area contributed by atoms with Gasteiger partial charge in [-0.2, -0.15) is 10.1 Å². The van der Waals surface area contributed by atoms with E-state index in [0.717, 1.165) is 11.8 Å². The van der Waals surface area contributed by atoms with Gasteiger partial charge in [-0.1, -0.05) is 22.9 Å². The molecular weight excluding hydrogens is 296 g/mol. The third-order valence-corrected chi connectivity index (χ3v) is 2.99. The van der Waals surface area contributed by atoms with E-state index in [4.69, 9.17) is 5.11 Å². The SMILES string of the molecule is O=C(CSc1nnc(O)nc1O)N/N=C/c1ccccn1. The van der Waals surface area contributed by atoms with Gasteiger partial charge in [-0.25, -0.2) is 5.43 Å². The lowest BCUT2D eigenvalue weighted by Crippen LogP contribution is -2.19. The Morgan fingerprint density at radius 1 is 1.38 bits per heavy atom. The normalized spacial score (nSPS) is 10.7. The second-order valence-corrected chi connectivity index (χ2v) is 4.54. The minimum Gasteiger partial charge on any atom is -0.491 e. The van der Waals surface area contributed by atoms with Gasteiger partial charge in [0.2, 0.25) is 5.91 Å². The maximum absolute atomic E-state index is 11.5. The van der Waals surface area contributed by atoms with E-state index in [9.17, 15) is 9.90 Å². The molecule has 3 N–H and O–H groups in total. The van der Waals surface area contributed by atoms with Crippen LogP contribution in [0.2, 0.25) is 0 Å². The fourth-order valence-electron chi connectivity index (χ4n) is 1.18. The number of thioether (sulfide) groups is 1. The Kier molecular flexibility index (Phi) is 4.99. The zero-order valence-corrected chi connectivity index (χ0v) is 11.4. The van der Waals surface area contributed by atoms with E-state index >= 15 is 0 Å². The van der Waals surface area contributed by atoms with Crippen LogP contribution in [0.4, 0.5) is 0 Å². The van der Waals surface area contributed by atoms with E-state index in [0.29, 0.717) is 5.69 Å². The summed E-state index contributed by atoms with van der Waals surface area (Å²) < 4.78 is 0. The van der Waals surface area contributed by atoms with Crippen LogP contribution in [0.15, 0.2) is 34.5 Å². The number of hydrazone groups is 1. The Labute approximate surface area is 123 Å². The van der Waals surface area contributed by atoms with Crippen LogP contribution in [0.5, 0.6) is 11.9 Å². The lowest BCUT2D eigenvalue weighted by atomic mass is 10.4. The predicted octanol–water partition coefficient (Wildman–Crippen LogP) is -0.0798. The van der Waals surface area contributed by atoms with Gasteiger partial charge in [0, 0.05) is 6.20 Å². The Hall–Kier alpha value is -2.75. The smallest absolute Gasteiger partial charge is 0.336 e. The number of amides is 1. The molecule has 0 unspecified atom stereocenters. The van der Waals surface area contributed by atoms with Crippen LogP contribution in [-0.4, -0.2) is 48.3 Å². The second kappa shape index (κ2) is 7.14. The van der Waals surface area contributed by atoms with E-state index in [1.54, 1.807) is 24.4 Å². The molecule has 0 aromatic carbocycles. The first kappa shape index (κ1) is 14.7. The van der Waals surface area contributed by atoms with Crippen LogP contribution in [-0.2, 0) is 4.79 Å². The molecule has 0 aliphatic carbocycles. The van der Waals surface area contributed by atoms with Gasteiger partial charge in [0.15, 0.2) is 5.03 Å². The van der Waals surface area contributed by atoms with Crippen LogP contribution >= 0.6 is 11.8 Å². The van der Waals surface area contributed by atoms with Crippen molar-refractivity contribution in [2.45, 2.75) is 5.03 Å². The first-order valence-corrected chi connectivity index (χ1v) is 6.62. The topological polar surface area (TPSA) is 133 Å². The summed E-state index contributed by atoms with van der Waals surface area (Å²) >= 11 is 0.911. The fraction of sp³-hybridized carbons (Fsp3) is 0.0909. The van der Waals surface area contributed by atoms with Gasteiger partial charge in [-0.15, -0.1) is 5.10 Å². The van der Waals surface area contributed by atoms with Gasteiger partial charge in [0.05, 0.1) is 17.7 Å². The highest BCUT2D eigenvalue weighted by atomic mass is 32.2. The van der Waals surface area contributed by atoms with Gasteiger partial charge in [-0.3, -0.25) is 9.78 Å². The number of nitrogens with zero attached hydrogens (tertiary/aromatic N) is 5. The van der Waals surface area contributed by atoms with Gasteiger partial charge in [0.25, 0.3) is 5.88 Å². The lowest BCUT2D eigenvalue weighted by molar-refractivity contribution is -0.118. The number of pyridine rings is 1. The first-order valence-electron chi connectivity index (χ1n) is 5.63. The number of rotatable bonds is 5. The number of hydrogen-bond acceptors (Lipinski definition) is 9. The Morgan fingerprint density at radius 2 is 2.24 bits per heavy atom. The zero-order valence-electron chi connectivity index (χ0n) is 10.5. The summed E-state index contributed by atoms with van der Waals surface area (Å²) in [6.45, 7) is 0. The minimum absolute atomic E-state index is 0.0386. The van der Waals surface area contributed by atoms with Crippen molar-refractivity contribution < 1.29 is 15.0 Å². The van der Waals surface area contributed by atoms with Gasteiger partial charge in [0.1, 0.15) is 0 Å². The van der Waals surface area contributed by atoms with E-state index in [-0.39, 0.29) is 10.8 Å². The molecule has 9 nitrogen and oxygen atoms in total. The number of nitrogens with one attached hydrogen (secondary N) is 1. The average molecular weight is 306 g/mol. The standard InChI is InChI=1S/C11H10N6O3S/c18-8(15-13-5-7-3-1-2-4-12-7)6-21-10-9(19)14-11(20)17-16-10/h1-5H,6H2,(H,15,18)(H2,14,17,19,20)/b13-5+. The summed E-state index contributed by atoms with van der Waals surface area (Å²) in [6.07, 6.45) is 3.01. The number of carbonyl (C=O) groups is 1. The molecular formula is C11H10N6O3S. The summed E-state index contributed by atoms with van der Waals surface area (Å²) in [4.78, 5) is 18.8. The van der Waals surface area contributed by atoms with Gasteiger partial charge >= 0.3 is 6.01 Å². The highest BCUT2D eigenvalue weighted by molar-refractivity contribution is 8.00. The van der Waals surface area contributed by atoms with Crippen LogP contribution in [0.25, 0.3) is 0 Å². The Balaban J connectivity index is 1.81. The summed E-state index contributed by atoms with van der Waals surface area (Å²) in [5.41, 5.74) is 2.91. The number of aromatic nitrogens is 4. The molecule has 0 bridgehead atoms. The van der Waals surface area contributed by atoms with Crippen LogP contribution < -0.4 is 5.43 Å². The first-order chi connectivity index (χ1) is 10.1. The Bertz CT molecular complexity index is 652. The largest absolute Gasteiger partial charge is 0.491 e. The third kappa shape index (κ3) is 4.69. The molecule has 2 aromatic heterocycles. The van der Waals surface area contributed by atoms with E-state index in [1.807, 2.05) is 0 Å². The molecule has 21 heavy (non-hydrogen) atoms. The molecule has 0 fully saturated rings. The summed E-state index contributed by atoms with van der Waals surface area (Å²) in [5, 5.41) is 28.8. The molecule has 108 valence electrons. The summed E-state index contributed by atoms with van der Waals surface area (Å²) in [7, 11) is 0. The van der Waals surface area contributed by atoms with E-state index in [1.165, 1.54) is 6.21 Å². The molecule has 0 saturated heterocycles. The third-order valence-electron chi connectivity index (χ3n) is 2.04. The monoisotopic (exact) mass is 306 g/mol. The van der Waals surface area contributed by atoms with Crippen LogP contribution in [0, 0.1) is 0 Å². The number of hydrogen-bond donors (Lipinski definition) is 3. The van der Waals surface area contributed by atoms with E-state index in [2.05, 4.69) is 30.7 Å². The molecule has 0 aliphatic heterocycles. The fourth-order valence-corrected chi connectivity index (χ4v) is 1.79. The molecule has 10 heteroatoms. The molecule has 2 heterocycles. The lowest BCUT2D eigenvalue weighted by Gasteiger charge is -2.01. The maximum Gasteiger partial charge on any atom is 0.336 e. The molecule has 0 saturated carbocycles. The maximum atomic E-state index is 11.5.